The Kier molecular flexibility index (Phi) is 3.39. The third-order valence-corrected chi connectivity index (χ3v) is 1.17. The summed E-state index contributed by atoms with van der Waals surface area (Å²) in [6.07, 6.45) is -4.38. The number of phenolic OH excluding ortho intramolecular Hbond substituents is 1. The number of benzene rings is 1. The summed E-state index contributed by atoms with van der Waals surface area (Å²) in [5, 5.41) is 8.68. The molecule has 1 nitrogen and oxygen atoms in total. The summed E-state index contributed by atoms with van der Waals surface area (Å²) >= 11 is 0. The van der Waals surface area contributed by atoms with E-state index in [1.807, 2.05) is 0 Å². The summed E-state index contributed by atoms with van der Waals surface area (Å²) < 4.78 is 35.6. The van der Waals surface area contributed by atoms with Crippen LogP contribution in [0.25, 0.3) is 0 Å². The number of hydrogen-bond donors (Lipinski definition) is 1. The molecule has 0 aliphatic heterocycles. The van der Waals surface area contributed by atoms with Crippen LogP contribution in [0, 0.1) is 0 Å². The van der Waals surface area contributed by atoms with Gasteiger partial charge in [0.1, 0.15) is 5.75 Å². The highest BCUT2D eigenvalue weighted by Gasteiger charge is 2.30. The molecule has 1 rings (SSSR count). The lowest BCUT2D eigenvalue weighted by Crippen LogP contribution is -2.03. The predicted octanol–water partition coefficient (Wildman–Crippen LogP) is 2.83. The van der Waals surface area contributed by atoms with Crippen LogP contribution in [0.4, 0.5) is 13.2 Å². The third kappa shape index (κ3) is 2.62. The van der Waals surface area contributed by atoms with Crippen LogP contribution in [0.2, 0.25) is 0 Å². The highest BCUT2D eigenvalue weighted by atomic mass is 35.5. The molecule has 68 valence electrons. The summed E-state index contributed by atoms with van der Waals surface area (Å²) in [4.78, 5) is 0. The first-order chi connectivity index (χ1) is 5.00. The first-order valence-corrected chi connectivity index (χ1v) is 2.86. The van der Waals surface area contributed by atoms with Crippen molar-refractivity contribution >= 4 is 12.4 Å². The van der Waals surface area contributed by atoms with Gasteiger partial charge in [-0.3, -0.25) is 0 Å². The number of alkyl halides is 3. The molecule has 0 aliphatic rings. The third-order valence-electron chi connectivity index (χ3n) is 1.17. The number of rotatable bonds is 0. The molecular formula is C7H6ClF3O. The lowest BCUT2D eigenvalue weighted by molar-refractivity contribution is -0.137. The van der Waals surface area contributed by atoms with E-state index in [1.165, 1.54) is 6.07 Å². The largest absolute Gasteiger partial charge is 0.508 e. The average Bonchev–Trinajstić information content (AvgIpc) is 1.86. The zero-order valence-corrected chi connectivity index (χ0v) is 6.62. The highest BCUT2D eigenvalue weighted by Crippen LogP contribution is 2.30. The quantitative estimate of drug-likeness (QED) is 0.680. The Morgan fingerprint density at radius 3 is 2.08 bits per heavy atom. The van der Waals surface area contributed by atoms with Crippen LogP contribution < -0.4 is 0 Å². The van der Waals surface area contributed by atoms with E-state index in [1.54, 1.807) is 0 Å². The molecule has 0 saturated heterocycles. The molecule has 1 N–H and O–H groups in total. The molecule has 0 aliphatic carbocycles. The SMILES string of the molecule is Cl.Oc1cccc(C(F)(F)F)c1. The van der Waals surface area contributed by atoms with E-state index in [2.05, 4.69) is 0 Å². The highest BCUT2D eigenvalue weighted by molar-refractivity contribution is 5.85. The number of halogens is 4. The monoisotopic (exact) mass is 198 g/mol. The van der Waals surface area contributed by atoms with E-state index < -0.39 is 11.7 Å². The minimum atomic E-state index is -4.38. The van der Waals surface area contributed by atoms with Crippen LogP contribution in [-0.2, 0) is 6.18 Å². The van der Waals surface area contributed by atoms with Crippen molar-refractivity contribution in [1.82, 2.24) is 0 Å². The maximum Gasteiger partial charge on any atom is 0.416 e. The fourth-order valence-electron chi connectivity index (χ4n) is 0.682. The molecule has 12 heavy (non-hydrogen) atoms. The molecular weight excluding hydrogens is 193 g/mol. The Bertz CT molecular complexity index is 259. The molecule has 0 amide bonds. The summed E-state index contributed by atoms with van der Waals surface area (Å²) in [7, 11) is 0. The van der Waals surface area contributed by atoms with Crippen LogP contribution in [0.5, 0.6) is 5.75 Å². The molecule has 0 aromatic heterocycles. The fourth-order valence-corrected chi connectivity index (χ4v) is 0.682. The number of aromatic hydroxyl groups is 1. The maximum absolute atomic E-state index is 11.9. The first kappa shape index (κ1) is 11.1. The maximum atomic E-state index is 11.9. The molecule has 0 bridgehead atoms. The fraction of sp³-hybridized carbons (Fsp3) is 0.143. The molecule has 0 spiro atoms. The molecule has 0 fully saturated rings. The predicted molar refractivity (Wildman–Crippen MR) is 40.4 cm³/mol. The summed E-state index contributed by atoms with van der Waals surface area (Å²) in [5.74, 6) is -0.375. The van der Waals surface area contributed by atoms with Gasteiger partial charge < -0.3 is 5.11 Å². The van der Waals surface area contributed by atoms with Crippen LogP contribution in [0.1, 0.15) is 5.56 Å². The molecule has 0 heterocycles. The second kappa shape index (κ2) is 3.67. The van der Waals surface area contributed by atoms with Crippen molar-refractivity contribution in [2.45, 2.75) is 6.18 Å². The van der Waals surface area contributed by atoms with Gasteiger partial charge in [-0.15, -0.1) is 12.4 Å². The van der Waals surface area contributed by atoms with Crippen LogP contribution in [0.15, 0.2) is 24.3 Å². The topological polar surface area (TPSA) is 20.2 Å². The van der Waals surface area contributed by atoms with Crippen molar-refractivity contribution in [3.8, 4) is 5.75 Å². The lowest BCUT2D eigenvalue weighted by atomic mass is 10.2. The van der Waals surface area contributed by atoms with Crippen molar-refractivity contribution in [3.63, 3.8) is 0 Å². The standard InChI is InChI=1S/C7H5F3O.ClH/c8-7(9,10)5-2-1-3-6(11)4-5;/h1-4,11H;1H. The minimum absolute atomic E-state index is 0. The second-order valence-corrected chi connectivity index (χ2v) is 2.05. The number of phenols is 1. The van der Waals surface area contributed by atoms with Gasteiger partial charge in [0, 0.05) is 0 Å². The van der Waals surface area contributed by atoms with Gasteiger partial charge >= 0.3 is 6.18 Å². The molecule has 0 unspecified atom stereocenters. The van der Waals surface area contributed by atoms with E-state index >= 15 is 0 Å². The van der Waals surface area contributed by atoms with E-state index in [0.29, 0.717) is 6.07 Å². The van der Waals surface area contributed by atoms with Crippen molar-refractivity contribution in [2.75, 3.05) is 0 Å². The summed E-state index contributed by atoms with van der Waals surface area (Å²) in [6.45, 7) is 0. The molecule has 0 radical (unpaired) electrons. The Hall–Kier alpha value is -0.900. The van der Waals surface area contributed by atoms with E-state index in [0.717, 1.165) is 12.1 Å². The first-order valence-electron chi connectivity index (χ1n) is 2.86. The van der Waals surface area contributed by atoms with Crippen molar-refractivity contribution in [3.05, 3.63) is 29.8 Å². The summed E-state index contributed by atoms with van der Waals surface area (Å²) in [6, 6.07) is 3.92. The van der Waals surface area contributed by atoms with Crippen LogP contribution >= 0.6 is 12.4 Å². The van der Waals surface area contributed by atoms with Gasteiger partial charge in [0.25, 0.3) is 0 Å². The Morgan fingerprint density at radius 1 is 1.17 bits per heavy atom. The molecule has 5 heteroatoms. The number of hydrogen-bond acceptors (Lipinski definition) is 1. The van der Waals surface area contributed by atoms with Gasteiger partial charge in [-0.1, -0.05) is 6.07 Å². The summed E-state index contributed by atoms with van der Waals surface area (Å²) in [5.41, 5.74) is -0.836. The molecule has 1 aromatic carbocycles. The Morgan fingerprint density at radius 2 is 1.75 bits per heavy atom. The Labute approximate surface area is 73.2 Å². The van der Waals surface area contributed by atoms with Crippen LogP contribution in [-0.4, -0.2) is 5.11 Å². The van der Waals surface area contributed by atoms with Crippen molar-refractivity contribution in [2.24, 2.45) is 0 Å². The zero-order valence-electron chi connectivity index (χ0n) is 5.80. The normalized spacial score (nSPS) is 10.6. The van der Waals surface area contributed by atoms with Gasteiger partial charge in [-0.25, -0.2) is 0 Å². The van der Waals surface area contributed by atoms with Gasteiger partial charge in [0.2, 0.25) is 0 Å². The second-order valence-electron chi connectivity index (χ2n) is 2.05. The van der Waals surface area contributed by atoms with Crippen LogP contribution in [0.3, 0.4) is 0 Å². The minimum Gasteiger partial charge on any atom is -0.508 e. The van der Waals surface area contributed by atoms with Gasteiger partial charge in [-0.2, -0.15) is 13.2 Å². The average molecular weight is 199 g/mol. The molecule has 1 aromatic rings. The molecule has 0 atom stereocenters. The van der Waals surface area contributed by atoms with Gasteiger partial charge in [0.15, 0.2) is 0 Å². The van der Waals surface area contributed by atoms with Crippen molar-refractivity contribution in [1.29, 1.82) is 0 Å². The zero-order chi connectivity index (χ0) is 8.48. The smallest absolute Gasteiger partial charge is 0.416 e. The Balaban J connectivity index is 0.00000121. The van der Waals surface area contributed by atoms with E-state index in [9.17, 15) is 13.2 Å². The van der Waals surface area contributed by atoms with E-state index in [4.69, 9.17) is 5.11 Å². The van der Waals surface area contributed by atoms with Gasteiger partial charge in [-0.05, 0) is 18.2 Å². The van der Waals surface area contributed by atoms with Crippen molar-refractivity contribution < 1.29 is 18.3 Å². The lowest BCUT2D eigenvalue weighted by Gasteiger charge is -2.05. The van der Waals surface area contributed by atoms with Gasteiger partial charge in [0.05, 0.1) is 5.56 Å². The molecule has 0 saturated carbocycles. The van der Waals surface area contributed by atoms with E-state index in [-0.39, 0.29) is 18.2 Å².